The Hall–Kier alpha value is -0.160. The highest BCUT2D eigenvalue weighted by atomic mass is 16.5. The van der Waals surface area contributed by atoms with E-state index in [1.54, 1.807) is 7.11 Å². The number of nitrogens with two attached hydrogens (primary N) is 1. The lowest BCUT2D eigenvalue weighted by Crippen LogP contribution is -2.41. The van der Waals surface area contributed by atoms with E-state index >= 15 is 0 Å². The van der Waals surface area contributed by atoms with Crippen LogP contribution in [-0.2, 0) is 9.47 Å². The summed E-state index contributed by atoms with van der Waals surface area (Å²) in [6.07, 6.45) is 7.29. The summed E-state index contributed by atoms with van der Waals surface area (Å²) in [6, 6.07) is 0.325. The molecule has 17 heavy (non-hydrogen) atoms. The third-order valence-corrected chi connectivity index (χ3v) is 3.63. The highest BCUT2D eigenvalue weighted by Crippen LogP contribution is 2.21. The third kappa shape index (κ3) is 5.82. The van der Waals surface area contributed by atoms with Crippen LogP contribution < -0.4 is 11.3 Å². The van der Waals surface area contributed by atoms with Crippen LogP contribution >= 0.6 is 0 Å². The van der Waals surface area contributed by atoms with Crippen molar-refractivity contribution in [3.8, 4) is 0 Å². The lowest BCUT2D eigenvalue weighted by Gasteiger charge is -2.28. The second-order valence-electron chi connectivity index (χ2n) is 5.60. The quantitative estimate of drug-likeness (QED) is 0.506. The minimum absolute atomic E-state index is 0.110. The molecule has 1 fully saturated rings. The first kappa shape index (κ1) is 14.9. The molecule has 2 unspecified atom stereocenters. The van der Waals surface area contributed by atoms with Gasteiger partial charge in [-0.05, 0) is 52.4 Å². The lowest BCUT2D eigenvalue weighted by atomic mass is 9.95. The van der Waals surface area contributed by atoms with Crippen LogP contribution in [0.1, 0.15) is 52.4 Å². The number of methoxy groups -OCH3 is 1. The fourth-order valence-corrected chi connectivity index (χ4v) is 2.38. The van der Waals surface area contributed by atoms with Crippen LogP contribution in [0.15, 0.2) is 0 Å². The molecule has 2 atom stereocenters. The van der Waals surface area contributed by atoms with E-state index in [1.165, 1.54) is 19.3 Å². The largest absolute Gasteiger partial charge is 0.379 e. The molecule has 0 radical (unpaired) electrons. The van der Waals surface area contributed by atoms with E-state index in [0.29, 0.717) is 12.1 Å². The Kier molecular flexibility index (Phi) is 6.41. The summed E-state index contributed by atoms with van der Waals surface area (Å²) >= 11 is 0. The highest BCUT2D eigenvalue weighted by Gasteiger charge is 2.22. The monoisotopic (exact) mass is 244 g/mol. The number of rotatable bonds is 8. The van der Waals surface area contributed by atoms with Crippen LogP contribution in [0.5, 0.6) is 0 Å². The molecule has 0 aromatic carbocycles. The van der Waals surface area contributed by atoms with Crippen LogP contribution in [0.25, 0.3) is 0 Å². The topological polar surface area (TPSA) is 56.5 Å². The van der Waals surface area contributed by atoms with Crippen molar-refractivity contribution in [3.63, 3.8) is 0 Å². The van der Waals surface area contributed by atoms with Gasteiger partial charge in [-0.1, -0.05) is 0 Å². The van der Waals surface area contributed by atoms with Gasteiger partial charge in [0, 0.05) is 19.8 Å². The van der Waals surface area contributed by atoms with E-state index in [1.807, 2.05) is 0 Å². The Morgan fingerprint density at radius 3 is 2.82 bits per heavy atom. The van der Waals surface area contributed by atoms with Gasteiger partial charge in [0.1, 0.15) is 0 Å². The summed E-state index contributed by atoms with van der Waals surface area (Å²) in [4.78, 5) is 0. The Morgan fingerprint density at radius 2 is 2.29 bits per heavy atom. The molecule has 0 spiro atoms. The maximum Gasteiger partial charge on any atom is 0.0638 e. The van der Waals surface area contributed by atoms with Crippen LogP contribution in [0.3, 0.4) is 0 Å². The zero-order valence-electron chi connectivity index (χ0n) is 11.5. The van der Waals surface area contributed by atoms with Crippen LogP contribution in [0.4, 0.5) is 0 Å². The number of hydrazine groups is 1. The van der Waals surface area contributed by atoms with Gasteiger partial charge in [0.25, 0.3) is 0 Å². The molecule has 0 aromatic heterocycles. The van der Waals surface area contributed by atoms with Gasteiger partial charge in [-0.15, -0.1) is 0 Å². The maximum atomic E-state index is 5.61. The summed E-state index contributed by atoms with van der Waals surface area (Å²) in [7, 11) is 1.75. The van der Waals surface area contributed by atoms with Crippen LogP contribution in [-0.4, -0.2) is 31.5 Å². The van der Waals surface area contributed by atoms with Gasteiger partial charge < -0.3 is 9.47 Å². The second-order valence-corrected chi connectivity index (χ2v) is 5.60. The van der Waals surface area contributed by atoms with Crippen molar-refractivity contribution in [2.45, 2.75) is 70.1 Å². The maximum absolute atomic E-state index is 5.61. The summed E-state index contributed by atoms with van der Waals surface area (Å²) in [5, 5.41) is 0. The standard InChI is InChI=1S/C13H28N2O2/c1-13(2,16-3)10-11(15-14)6-4-7-12-8-5-9-17-12/h11-12,15H,4-10,14H2,1-3H3. The molecule has 0 saturated carbocycles. The number of hydrogen-bond donors (Lipinski definition) is 2. The van der Waals surface area contributed by atoms with Gasteiger partial charge in [-0.25, -0.2) is 0 Å². The second kappa shape index (κ2) is 7.31. The Balaban J connectivity index is 2.17. The van der Waals surface area contributed by atoms with Gasteiger partial charge >= 0.3 is 0 Å². The zero-order valence-corrected chi connectivity index (χ0v) is 11.5. The molecule has 4 nitrogen and oxygen atoms in total. The first-order valence-corrected chi connectivity index (χ1v) is 6.70. The van der Waals surface area contributed by atoms with E-state index in [9.17, 15) is 0 Å². The molecule has 1 aliphatic rings. The van der Waals surface area contributed by atoms with E-state index in [0.717, 1.165) is 25.9 Å². The molecule has 1 rings (SSSR count). The van der Waals surface area contributed by atoms with Crippen molar-refractivity contribution >= 4 is 0 Å². The molecule has 1 aliphatic heterocycles. The van der Waals surface area contributed by atoms with Gasteiger partial charge in [-0.2, -0.15) is 0 Å². The molecular formula is C13H28N2O2. The number of nitrogens with one attached hydrogen (secondary N) is 1. The SMILES string of the molecule is COC(C)(C)CC(CCCC1CCCO1)NN. The van der Waals surface area contributed by atoms with E-state index < -0.39 is 0 Å². The predicted octanol–water partition coefficient (Wildman–Crippen LogP) is 1.98. The van der Waals surface area contributed by atoms with Crippen LogP contribution in [0.2, 0.25) is 0 Å². The fraction of sp³-hybridized carbons (Fsp3) is 1.00. The molecule has 3 N–H and O–H groups in total. The normalized spacial score (nSPS) is 22.9. The Labute approximate surface area is 105 Å². The predicted molar refractivity (Wildman–Crippen MR) is 69.6 cm³/mol. The first-order chi connectivity index (χ1) is 8.07. The Bertz CT molecular complexity index is 204. The average Bonchev–Trinajstić information content (AvgIpc) is 2.80. The average molecular weight is 244 g/mol. The minimum atomic E-state index is -0.110. The lowest BCUT2D eigenvalue weighted by molar-refractivity contribution is 0.00580. The number of ether oxygens (including phenoxy) is 2. The molecular weight excluding hydrogens is 216 g/mol. The Morgan fingerprint density at radius 1 is 1.53 bits per heavy atom. The third-order valence-electron chi connectivity index (χ3n) is 3.63. The van der Waals surface area contributed by atoms with Crippen molar-refractivity contribution in [1.82, 2.24) is 5.43 Å². The molecule has 0 amide bonds. The van der Waals surface area contributed by atoms with Gasteiger partial charge in [0.15, 0.2) is 0 Å². The fourth-order valence-electron chi connectivity index (χ4n) is 2.38. The molecule has 0 aromatic rings. The van der Waals surface area contributed by atoms with E-state index in [4.69, 9.17) is 15.3 Å². The molecule has 0 bridgehead atoms. The molecule has 0 aliphatic carbocycles. The summed E-state index contributed by atoms with van der Waals surface area (Å²) in [6.45, 7) is 5.13. The van der Waals surface area contributed by atoms with Crippen LogP contribution in [0, 0.1) is 0 Å². The van der Waals surface area contributed by atoms with Gasteiger partial charge in [0.05, 0.1) is 11.7 Å². The van der Waals surface area contributed by atoms with Gasteiger partial charge in [0.2, 0.25) is 0 Å². The molecule has 102 valence electrons. The minimum Gasteiger partial charge on any atom is -0.379 e. The zero-order chi connectivity index (χ0) is 12.7. The van der Waals surface area contributed by atoms with Crippen molar-refractivity contribution in [1.29, 1.82) is 0 Å². The molecule has 4 heteroatoms. The first-order valence-electron chi connectivity index (χ1n) is 6.70. The summed E-state index contributed by atoms with van der Waals surface area (Å²) in [5.41, 5.74) is 2.79. The van der Waals surface area contributed by atoms with E-state index in [2.05, 4.69) is 19.3 Å². The number of hydrogen-bond acceptors (Lipinski definition) is 4. The van der Waals surface area contributed by atoms with Crippen molar-refractivity contribution < 1.29 is 9.47 Å². The molecule has 1 saturated heterocycles. The van der Waals surface area contributed by atoms with Gasteiger partial charge in [-0.3, -0.25) is 11.3 Å². The summed E-state index contributed by atoms with van der Waals surface area (Å²) in [5.74, 6) is 5.59. The smallest absolute Gasteiger partial charge is 0.0638 e. The van der Waals surface area contributed by atoms with Crippen molar-refractivity contribution in [2.75, 3.05) is 13.7 Å². The molecule has 1 heterocycles. The highest BCUT2D eigenvalue weighted by molar-refractivity contribution is 4.77. The van der Waals surface area contributed by atoms with E-state index in [-0.39, 0.29) is 5.60 Å². The van der Waals surface area contributed by atoms with Crippen molar-refractivity contribution in [2.24, 2.45) is 5.84 Å². The van der Waals surface area contributed by atoms with Crippen molar-refractivity contribution in [3.05, 3.63) is 0 Å². The summed E-state index contributed by atoms with van der Waals surface area (Å²) < 4.78 is 11.0.